The molecule has 0 aliphatic carbocycles. The molecule has 10 heteroatoms. The molecule has 8 nitrogen and oxygen atoms in total. The van der Waals surface area contributed by atoms with E-state index in [-0.39, 0.29) is 18.7 Å². The van der Waals surface area contributed by atoms with E-state index in [1.165, 1.54) is 12.3 Å². The molecule has 2 atom stereocenters. The van der Waals surface area contributed by atoms with Gasteiger partial charge < -0.3 is 25.0 Å². The maximum absolute atomic E-state index is 15.0. The van der Waals surface area contributed by atoms with Crippen molar-refractivity contribution in [1.82, 2.24) is 24.8 Å². The Balaban J connectivity index is 1.76. The number of nitrogens with zero attached hydrogens (tertiary/aromatic N) is 4. The van der Waals surface area contributed by atoms with Crippen LogP contribution in [0.5, 0.6) is 0 Å². The average molecular weight is 449 g/mol. The second-order valence-electron chi connectivity index (χ2n) is 7.92. The van der Waals surface area contributed by atoms with Crippen molar-refractivity contribution in [3.8, 4) is 11.3 Å². The summed E-state index contributed by atoms with van der Waals surface area (Å²) < 4.78 is 22.3. The lowest BCUT2D eigenvalue weighted by molar-refractivity contribution is -0.0136. The highest BCUT2D eigenvalue weighted by molar-refractivity contribution is 6.33. The molecule has 1 aromatic carbocycles. The lowest BCUT2D eigenvalue weighted by atomic mass is 10.1. The molecule has 1 aliphatic rings. The predicted molar refractivity (Wildman–Crippen MR) is 118 cm³/mol. The lowest BCUT2D eigenvalue weighted by Gasteiger charge is -2.28. The summed E-state index contributed by atoms with van der Waals surface area (Å²) in [6.45, 7) is 5.39. The Morgan fingerprint density at radius 1 is 1.35 bits per heavy atom. The smallest absolute Gasteiger partial charge is 0.223 e. The molecule has 1 aliphatic heterocycles. The maximum Gasteiger partial charge on any atom is 0.223 e. The van der Waals surface area contributed by atoms with Crippen LogP contribution in [0.25, 0.3) is 22.3 Å². The fourth-order valence-corrected chi connectivity index (χ4v) is 4.09. The van der Waals surface area contributed by atoms with Crippen molar-refractivity contribution in [3.63, 3.8) is 0 Å². The molecule has 166 valence electrons. The lowest BCUT2D eigenvalue weighted by Crippen LogP contribution is -2.42. The summed E-state index contributed by atoms with van der Waals surface area (Å²) in [7, 11) is 1.83. The molecule has 1 fully saturated rings. The molecule has 0 unspecified atom stereocenters. The van der Waals surface area contributed by atoms with Gasteiger partial charge in [0.05, 0.1) is 47.7 Å². The second kappa shape index (κ2) is 9.04. The summed E-state index contributed by atoms with van der Waals surface area (Å²) in [5.74, 6) is 0.639. The molecule has 4 rings (SSSR count). The molecule has 3 N–H and O–H groups in total. The van der Waals surface area contributed by atoms with E-state index in [0.29, 0.717) is 52.8 Å². The van der Waals surface area contributed by atoms with Crippen molar-refractivity contribution in [1.29, 1.82) is 0 Å². The van der Waals surface area contributed by atoms with Crippen LogP contribution < -0.4 is 10.6 Å². The van der Waals surface area contributed by atoms with E-state index in [1.54, 1.807) is 0 Å². The number of rotatable bonds is 6. The Hall–Kier alpha value is -2.33. The second-order valence-corrected chi connectivity index (χ2v) is 8.33. The van der Waals surface area contributed by atoms with Gasteiger partial charge in [0, 0.05) is 18.2 Å². The van der Waals surface area contributed by atoms with Crippen LogP contribution in [0.3, 0.4) is 0 Å². The third kappa shape index (κ3) is 4.36. The van der Waals surface area contributed by atoms with E-state index < -0.39 is 11.9 Å². The fourth-order valence-electron chi connectivity index (χ4n) is 3.89. The number of benzene rings is 1. The molecule has 3 heterocycles. The van der Waals surface area contributed by atoms with Crippen molar-refractivity contribution in [3.05, 3.63) is 35.0 Å². The number of hydrogen-bond acceptors (Lipinski definition) is 7. The highest BCUT2D eigenvalue weighted by Gasteiger charge is 2.25. The van der Waals surface area contributed by atoms with Gasteiger partial charge in [0.15, 0.2) is 5.82 Å². The topological polar surface area (TPSA) is 97.1 Å². The average Bonchev–Trinajstić information content (AvgIpc) is 3.10. The number of ether oxygens (including phenoxy) is 1. The number of fused-ring (bicyclic) bond motifs is 1. The Morgan fingerprint density at radius 2 is 2.16 bits per heavy atom. The van der Waals surface area contributed by atoms with Gasteiger partial charge in [-0.05, 0) is 39.4 Å². The van der Waals surface area contributed by atoms with Crippen molar-refractivity contribution in [2.24, 2.45) is 0 Å². The summed E-state index contributed by atoms with van der Waals surface area (Å²) in [5, 5.41) is 16.6. The van der Waals surface area contributed by atoms with E-state index in [0.717, 1.165) is 5.82 Å². The molecular weight excluding hydrogens is 423 g/mol. The minimum absolute atomic E-state index is 0.0936. The van der Waals surface area contributed by atoms with Gasteiger partial charge in [-0.3, -0.25) is 0 Å². The zero-order valence-electron chi connectivity index (χ0n) is 17.7. The molecule has 31 heavy (non-hydrogen) atoms. The van der Waals surface area contributed by atoms with Crippen molar-refractivity contribution < 1.29 is 14.2 Å². The summed E-state index contributed by atoms with van der Waals surface area (Å²) in [6, 6.07) is 3.11. The molecule has 0 amide bonds. The number of aromatic nitrogens is 4. The minimum atomic E-state index is -0.656. The SMILES string of the molecule is CNCc1nc2c(F)cc(-c3nc(N[C@@H]4CCOC[C@H]4O)ncc3Cl)cc2n1C(C)C. The number of anilines is 1. The first-order chi connectivity index (χ1) is 14.9. The number of nitrogens with one attached hydrogen (secondary N) is 2. The van der Waals surface area contributed by atoms with Crippen LogP contribution in [0.4, 0.5) is 10.3 Å². The largest absolute Gasteiger partial charge is 0.389 e. The number of imidazole rings is 1. The minimum Gasteiger partial charge on any atom is -0.389 e. The number of aliphatic hydroxyl groups excluding tert-OH is 1. The Bertz CT molecular complexity index is 1090. The maximum atomic E-state index is 15.0. The van der Waals surface area contributed by atoms with Crippen LogP contribution in [0, 0.1) is 5.82 Å². The molecule has 0 bridgehead atoms. The van der Waals surface area contributed by atoms with Crippen LogP contribution >= 0.6 is 11.6 Å². The number of aliphatic hydroxyl groups is 1. The van der Waals surface area contributed by atoms with Crippen LogP contribution in [-0.2, 0) is 11.3 Å². The van der Waals surface area contributed by atoms with Crippen molar-refractivity contribution >= 4 is 28.6 Å². The third-order valence-corrected chi connectivity index (χ3v) is 5.61. The van der Waals surface area contributed by atoms with E-state index in [2.05, 4.69) is 25.6 Å². The highest BCUT2D eigenvalue weighted by atomic mass is 35.5. The van der Waals surface area contributed by atoms with E-state index in [4.69, 9.17) is 16.3 Å². The van der Waals surface area contributed by atoms with E-state index in [9.17, 15) is 5.11 Å². The Kier molecular flexibility index (Phi) is 6.38. The molecule has 3 aromatic rings. The zero-order valence-corrected chi connectivity index (χ0v) is 18.4. The first-order valence-electron chi connectivity index (χ1n) is 10.3. The van der Waals surface area contributed by atoms with Crippen LogP contribution in [-0.4, -0.2) is 57.0 Å². The van der Waals surface area contributed by atoms with Gasteiger partial charge in [-0.2, -0.15) is 0 Å². The summed E-state index contributed by atoms with van der Waals surface area (Å²) in [5.41, 5.74) is 1.94. The molecular formula is C21H26ClFN6O2. The van der Waals surface area contributed by atoms with Crippen LogP contribution in [0.15, 0.2) is 18.3 Å². The van der Waals surface area contributed by atoms with Crippen molar-refractivity contribution in [2.45, 2.75) is 45.0 Å². The molecule has 1 saturated heterocycles. The molecule has 0 spiro atoms. The van der Waals surface area contributed by atoms with E-state index >= 15 is 4.39 Å². The van der Waals surface area contributed by atoms with Crippen LogP contribution in [0.1, 0.15) is 32.1 Å². The Morgan fingerprint density at radius 3 is 2.87 bits per heavy atom. The van der Waals surface area contributed by atoms with Gasteiger partial charge in [-0.25, -0.2) is 19.3 Å². The van der Waals surface area contributed by atoms with Gasteiger partial charge in [0.25, 0.3) is 0 Å². The summed E-state index contributed by atoms with van der Waals surface area (Å²) >= 11 is 6.39. The first-order valence-corrected chi connectivity index (χ1v) is 10.7. The highest BCUT2D eigenvalue weighted by Crippen LogP contribution is 2.32. The van der Waals surface area contributed by atoms with E-state index in [1.807, 2.05) is 31.5 Å². The van der Waals surface area contributed by atoms with Crippen LogP contribution in [0.2, 0.25) is 5.02 Å². The first kappa shape index (κ1) is 21.9. The molecule has 0 saturated carbocycles. The summed E-state index contributed by atoms with van der Waals surface area (Å²) in [4.78, 5) is 13.2. The molecule has 0 radical (unpaired) electrons. The number of hydrogen-bond donors (Lipinski definition) is 3. The van der Waals surface area contributed by atoms with Crippen molar-refractivity contribution in [2.75, 3.05) is 25.6 Å². The zero-order chi connectivity index (χ0) is 22.1. The van der Waals surface area contributed by atoms with Gasteiger partial charge >= 0.3 is 0 Å². The standard InChI is InChI=1S/C21H26ClFN6O2/c1-11(2)29-16-7-12(6-14(23)20(16)27-18(29)9-24-3)19-13(22)8-25-21(28-19)26-15-4-5-31-10-17(15)30/h6-8,11,15,17,24,30H,4-5,9-10H2,1-3H3,(H,25,26,28)/t15-,17-/m1/s1. The molecule has 2 aromatic heterocycles. The predicted octanol–water partition coefficient (Wildman–Crippen LogP) is 3.15. The third-order valence-electron chi connectivity index (χ3n) is 5.33. The van der Waals surface area contributed by atoms with Gasteiger partial charge in [-0.15, -0.1) is 0 Å². The number of halogens is 2. The van der Waals surface area contributed by atoms with Gasteiger partial charge in [-0.1, -0.05) is 11.6 Å². The monoisotopic (exact) mass is 448 g/mol. The summed E-state index contributed by atoms with van der Waals surface area (Å²) in [6.07, 6.45) is 1.45. The quantitative estimate of drug-likeness (QED) is 0.533. The fraction of sp³-hybridized carbons (Fsp3) is 0.476. The normalized spacial score (nSPS) is 19.3. The van der Waals surface area contributed by atoms with Gasteiger partial charge in [0.2, 0.25) is 5.95 Å². The Labute approximate surface area is 184 Å². The van der Waals surface area contributed by atoms with Gasteiger partial charge in [0.1, 0.15) is 11.3 Å².